The number of hydroxylamine groups is 1. The minimum Gasteiger partial charge on any atom is -0.443 e. The number of hydrogen-bond acceptors (Lipinski definition) is 9. The van der Waals surface area contributed by atoms with Crippen molar-refractivity contribution in [1.29, 1.82) is 0 Å². The molecule has 0 fully saturated rings. The Hall–Kier alpha value is -3.54. The summed E-state index contributed by atoms with van der Waals surface area (Å²) < 4.78 is 5.14. The molecule has 0 bridgehead atoms. The zero-order valence-electron chi connectivity index (χ0n) is 17.2. The van der Waals surface area contributed by atoms with Crippen molar-refractivity contribution in [3.05, 3.63) is 39.9 Å². The summed E-state index contributed by atoms with van der Waals surface area (Å²) in [4.78, 5) is 64.2. The fraction of sp³-hybridized carbons (Fsp3) is 0.444. The summed E-state index contributed by atoms with van der Waals surface area (Å²) in [5.41, 5.74) is 6.16. The van der Waals surface area contributed by atoms with Crippen LogP contribution in [0.15, 0.2) is 24.3 Å². The Labute approximate surface area is 172 Å². The molecule has 2 atom stereocenters. The van der Waals surface area contributed by atoms with Crippen LogP contribution in [0, 0.1) is 10.1 Å². The smallest absolute Gasteiger partial charge is 0.417 e. The minimum atomic E-state index is -1.41. The van der Waals surface area contributed by atoms with Gasteiger partial charge in [0.15, 0.2) is 0 Å². The minimum absolute atomic E-state index is 0.0655. The van der Waals surface area contributed by atoms with Gasteiger partial charge < -0.3 is 15.3 Å². The third-order valence-electron chi connectivity index (χ3n) is 3.54. The lowest BCUT2D eigenvalue weighted by molar-refractivity contribution is -0.384. The van der Waals surface area contributed by atoms with Crippen LogP contribution in [0.3, 0.4) is 0 Å². The van der Waals surface area contributed by atoms with E-state index in [1.54, 1.807) is 20.8 Å². The van der Waals surface area contributed by atoms with Gasteiger partial charge in [-0.15, -0.1) is 0 Å². The summed E-state index contributed by atoms with van der Waals surface area (Å²) in [6.07, 6.45) is -1.09. The van der Waals surface area contributed by atoms with E-state index < -0.39 is 46.5 Å². The Morgan fingerprint density at radius 2 is 1.67 bits per heavy atom. The molecule has 12 nitrogen and oxygen atoms in total. The number of carbonyl (C=O) groups excluding carboxylic acids is 4. The standard InChI is InChI=1S/C18H24N4O8/c1-10(19)15(24)21(17(26)29-18(3,4)5)11(2)14(23)20-30-16(25)12-6-8-13(9-7-12)22(27)28/h6-11H,19H2,1-5H3,(H,20,23)/t10-,11-/m0/s1. The Bertz CT molecular complexity index is 830. The van der Waals surface area contributed by atoms with E-state index in [9.17, 15) is 29.3 Å². The van der Waals surface area contributed by atoms with Crippen LogP contribution in [-0.2, 0) is 19.2 Å². The van der Waals surface area contributed by atoms with Gasteiger partial charge in [-0.2, -0.15) is 5.48 Å². The average Bonchev–Trinajstić information content (AvgIpc) is 2.64. The van der Waals surface area contributed by atoms with Crippen molar-refractivity contribution in [2.24, 2.45) is 5.73 Å². The third kappa shape index (κ3) is 6.81. The fourth-order valence-electron chi connectivity index (χ4n) is 2.05. The van der Waals surface area contributed by atoms with E-state index in [-0.39, 0.29) is 11.3 Å². The van der Waals surface area contributed by atoms with E-state index >= 15 is 0 Å². The van der Waals surface area contributed by atoms with Crippen molar-refractivity contribution >= 4 is 29.6 Å². The van der Waals surface area contributed by atoms with Gasteiger partial charge >= 0.3 is 12.1 Å². The number of imide groups is 1. The van der Waals surface area contributed by atoms with Crippen LogP contribution < -0.4 is 11.2 Å². The topological polar surface area (TPSA) is 171 Å². The van der Waals surface area contributed by atoms with Crippen molar-refractivity contribution in [1.82, 2.24) is 10.4 Å². The molecule has 0 aliphatic carbocycles. The first-order valence-electron chi connectivity index (χ1n) is 8.81. The van der Waals surface area contributed by atoms with Crippen molar-refractivity contribution < 1.29 is 33.7 Å². The maximum absolute atomic E-state index is 12.4. The van der Waals surface area contributed by atoms with Gasteiger partial charge in [0, 0.05) is 12.1 Å². The van der Waals surface area contributed by atoms with E-state index in [0.717, 1.165) is 24.3 Å². The molecule has 164 valence electrons. The first-order chi connectivity index (χ1) is 13.7. The first kappa shape index (κ1) is 24.5. The Morgan fingerprint density at radius 3 is 2.10 bits per heavy atom. The number of ether oxygens (including phenoxy) is 1. The van der Waals surface area contributed by atoms with Crippen LogP contribution in [0.1, 0.15) is 45.0 Å². The summed E-state index contributed by atoms with van der Waals surface area (Å²) in [6, 6.07) is 1.95. The lowest BCUT2D eigenvalue weighted by Crippen LogP contribution is -2.56. The number of rotatable bonds is 5. The highest BCUT2D eigenvalue weighted by atomic mass is 16.7. The Balaban J connectivity index is 2.87. The van der Waals surface area contributed by atoms with Crippen molar-refractivity contribution in [2.75, 3.05) is 0 Å². The number of nitro benzene ring substituents is 1. The van der Waals surface area contributed by atoms with Crippen molar-refractivity contribution in [3.8, 4) is 0 Å². The summed E-state index contributed by atoms with van der Waals surface area (Å²) in [7, 11) is 0. The molecule has 3 N–H and O–H groups in total. The maximum atomic E-state index is 12.4. The molecule has 0 aromatic heterocycles. The summed E-state index contributed by atoms with van der Waals surface area (Å²) >= 11 is 0. The predicted octanol–water partition coefficient (Wildman–Crippen LogP) is 1.28. The largest absolute Gasteiger partial charge is 0.443 e. The highest BCUT2D eigenvalue weighted by Crippen LogP contribution is 2.14. The molecule has 1 aromatic carbocycles. The number of nitrogens with two attached hydrogens (primary N) is 1. The number of benzene rings is 1. The Morgan fingerprint density at radius 1 is 1.13 bits per heavy atom. The number of nitrogens with one attached hydrogen (secondary N) is 1. The fourth-order valence-corrected chi connectivity index (χ4v) is 2.05. The SMILES string of the molecule is C[C@H](N)C(=O)N(C(=O)OC(C)(C)C)[C@@H](C)C(=O)NOC(=O)c1ccc([N+](=O)[O-])cc1. The molecular weight excluding hydrogens is 400 g/mol. The second kappa shape index (κ2) is 9.78. The monoisotopic (exact) mass is 424 g/mol. The van der Waals surface area contributed by atoms with Gasteiger partial charge in [0.2, 0.25) is 5.91 Å². The van der Waals surface area contributed by atoms with Gasteiger partial charge in [0.1, 0.15) is 11.6 Å². The van der Waals surface area contributed by atoms with E-state index in [2.05, 4.69) is 4.84 Å². The summed E-state index contributed by atoms with van der Waals surface area (Å²) in [5, 5.41) is 10.6. The molecule has 0 unspecified atom stereocenters. The van der Waals surface area contributed by atoms with Gasteiger partial charge in [-0.25, -0.2) is 14.5 Å². The van der Waals surface area contributed by atoms with Crippen LogP contribution in [0.4, 0.5) is 10.5 Å². The number of hydrogen-bond donors (Lipinski definition) is 2. The summed E-state index contributed by atoms with van der Waals surface area (Å²) in [6.45, 7) is 7.29. The Kier molecular flexibility index (Phi) is 7.99. The van der Waals surface area contributed by atoms with Crippen molar-refractivity contribution in [3.63, 3.8) is 0 Å². The highest BCUT2D eigenvalue weighted by Gasteiger charge is 2.36. The van der Waals surface area contributed by atoms with Crippen LogP contribution in [0.5, 0.6) is 0 Å². The number of nitro groups is 1. The van der Waals surface area contributed by atoms with Gasteiger partial charge in [-0.1, -0.05) is 0 Å². The molecule has 30 heavy (non-hydrogen) atoms. The summed E-state index contributed by atoms with van der Waals surface area (Å²) in [5.74, 6) is -2.87. The zero-order valence-corrected chi connectivity index (χ0v) is 17.2. The van der Waals surface area contributed by atoms with Gasteiger partial charge in [0.05, 0.1) is 16.5 Å². The number of amides is 3. The molecule has 0 aliphatic rings. The predicted molar refractivity (Wildman–Crippen MR) is 103 cm³/mol. The van der Waals surface area contributed by atoms with Gasteiger partial charge in [0.25, 0.3) is 11.6 Å². The van der Waals surface area contributed by atoms with E-state index in [1.807, 2.05) is 5.48 Å². The molecule has 0 radical (unpaired) electrons. The molecule has 0 saturated carbocycles. The maximum Gasteiger partial charge on any atom is 0.417 e. The quantitative estimate of drug-likeness (QED) is 0.521. The van der Waals surface area contributed by atoms with E-state index in [0.29, 0.717) is 4.90 Å². The van der Waals surface area contributed by atoms with Crippen LogP contribution in [-0.4, -0.2) is 51.4 Å². The van der Waals surface area contributed by atoms with Gasteiger partial charge in [-0.05, 0) is 46.8 Å². The molecule has 0 saturated heterocycles. The number of nitrogens with zero attached hydrogens (tertiary/aromatic N) is 2. The van der Waals surface area contributed by atoms with E-state index in [1.165, 1.54) is 13.8 Å². The molecule has 1 aromatic rings. The lowest BCUT2D eigenvalue weighted by atomic mass is 10.2. The van der Waals surface area contributed by atoms with Crippen LogP contribution >= 0.6 is 0 Å². The molecule has 3 amide bonds. The third-order valence-corrected chi connectivity index (χ3v) is 3.54. The lowest BCUT2D eigenvalue weighted by Gasteiger charge is -2.30. The molecule has 0 heterocycles. The van der Waals surface area contributed by atoms with Gasteiger partial charge in [-0.3, -0.25) is 19.7 Å². The molecule has 0 aliphatic heterocycles. The number of non-ortho nitro benzene ring substituents is 1. The van der Waals surface area contributed by atoms with E-state index in [4.69, 9.17) is 10.5 Å². The average molecular weight is 424 g/mol. The van der Waals surface area contributed by atoms with Crippen LogP contribution in [0.25, 0.3) is 0 Å². The first-order valence-corrected chi connectivity index (χ1v) is 8.81. The number of carbonyl (C=O) groups is 4. The highest BCUT2D eigenvalue weighted by molar-refractivity contribution is 6.00. The zero-order chi connectivity index (χ0) is 23.2. The molecule has 0 spiro atoms. The van der Waals surface area contributed by atoms with Crippen molar-refractivity contribution in [2.45, 2.75) is 52.3 Å². The molecular formula is C18H24N4O8. The molecule has 1 rings (SSSR count). The van der Waals surface area contributed by atoms with Crippen LogP contribution in [0.2, 0.25) is 0 Å². The second-order valence-corrected chi connectivity index (χ2v) is 7.31. The molecule has 12 heteroatoms. The normalized spacial score (nSPS) is 12.9. The second-order valence-electron chi connectivity index (χ2n) is 7.31.